The van der Waals surface area contributed by atoms with Gasteiger partial charge in [0.15, 0.2) is 5.82 Å². The highest BCUT2D eigenvalue weighted by atomic mass is 15.0. The third-order valence-electron chi connectivity index (χ3n) is 13.2. The summed E-state index contributed by atoms with van der Waals surface area (Å²) in [4.78, 5) is 10.7. The van der Waals surface area contributed by atoms with Gasteiger partial charge in [-0.05, 0) is 90.6 Å². The zero-order valence-electron chi connectivity index (χ0n) is 35.4. The van der Waals surface area contributed by atoms with Crippen molar-refractivity contribution in [3.05, 3.63) is 237 Å². The van der Waals surface area contributed by atoms with Crippen molar-refractivity contribution in [3.8, 4) is 61.7 Å². The average molecular weight is 826 g/mol. The Bertz CT molecular complexity index is 3980. The van der Waals surface area contributed by atoms with Gasteiger partial charge in [0.25, 0.3) is 0 Å². The van der Waals surface area contributed by atoms with Gasteiger partial charge in [0.05, 0.1) is 27.9 Å². The van der Waals surface area contributed by atoms with Gasteiger partial charge in [-0.25, -0.2) is 9.97 Å². The second kappa shape index (κ2) is 15.0. The van der Waals surface area contributed by atoms with Gasteiger partial charge < -0.3 is 4.57 Å². The van der Waals surface area contributed by atoms with E-state index >= 15 is 0 Å². The molecular formula is C62H39N3. The minimum absolute atomic E-state index is 0.703. The third kappa shape index (κ3) is 6.05. The molecule has 0 spiro atoms. The van der Waals surface area contributed by atoms with Crippen molar-refractivity contribution in [3.63, 3.8) is 0 Å². The molecule has 13 aromatic rings. The van der Waals surface area contributed by atoms with Crippen LogP contribution in [0.3, 0.4) is 0 Å². The minimum atomic E-state index is 0.703. The summed E-state index contributed by atoms with van der Waals surface area (Å²) in [5.41, 5.74) is 14.5. The Morgan fingerprint density at radius 2 is 0.831 bits per heavy atom. The highest BCUT2D eigenvalue weighted by Gasteiger charge is 2.21. The Balaban J connectivity index is 0.983. The van der Waals surface area contributed by atoms with Crippen molar-refractivity contribution in [2.75, 3.05) is 0 Å². The van der Waals surface area contributed by atoms with Crippen LogP contribution in [0.1, 0.15) is 0 Å². The number of rotatable bonds is 6. The first kappa shape index (κ1) is 36.9. The van der Waals surface area contributed by atoms with Crippen LogP contribution in [-0.2, 0) is 0 Å². The molecule has 0 fully saturated rings. The van der Waals surface area contributed by atoms with E-state index in [0.29, 0.717) is 5.82 Å². The molecule has 0 aliphatic carbocycles. The number of benzene rings is 11. The molecule has 0 aliphatic heterocycles. The van der Waals surface area contributed by atoms with Gasteiger partial charge in [0.1, 0.15) is 0 Å². The zero-order valence-corrected chi connectivity index (χ0v) is 35.4. The maximum atomic E-state index is 5.42. The van der Waals surface area contributed by atoms with E-state index < -0.39 is 0 Å². The summed E-state index contributed by atoms with van der Waals surface area (Å²) in [5, 5.41) is 10.8. The maximum Gasteiger partial charge on any atom is 0.161 e. The lowest BCUT2D eigenvalue weighted by atomic mass is 9.94. The topological polar surface area (TPSA) is 30.7 Å². The summed E-state index contributed by atoms with van der Waals surface area (Å²) in [6.45, 7) is 0. The van der Waals surface area contributed by atoms with Gasteiger partial charge in [-0.3, -0.25) is 0 Å². The quantitative estimate of drug-likeness (QED) is 0.167. The van der Waals surface area contributed by atoms with Crippen LogP contribution >= 0.6 is 0 Å². The van der Waals surface area contributed by atoms with Gasteiger partial charge in [0.2, 0.25) is 0 Å². The Hall–Kier alpha value is -8.66. The third-order valence-corrected chi connectivity index (χ3v) is 13.2. The molecular weight excluding hydrogens is 787 g/mol. The molecule has 0 amide bonds. The molecule has 0 saturated heterocycles. The molecule has 0 radical (unpaired) electrons. The summed E-state index contributed by atoms with van der Waals surface area (Å²) in [6.07, 6.45) is 0. The van der Waals surface area contributed by atoms with E-state index in [9.17, 15) is 0 Å². The molecule has 13 rings (SSSR count). The predicted octanol–water partition coefficient (Wildman–Crippen LogP) is 16.5. The van der Waals surface area contributed by atoms with Gasteiger partial charge >= 0.3 is 0 Å². The molecule has 302 valence electrons. The smallest absolute Gasteiger partial charge is 0.161 e. The molecule has 65 heavy (non-hydrogen) atoms. The Morgan fingerprint density at radius 1 is 0.292 bits per heavy atom. The van der Waals surface area contributed by atoms with Crippen molar-refractivity contribution in [2.45, 2.75) is 0 Å². The normalized spacial score (nSPS) is 11.7. The lowest BCUT2D eigenvalue weighted by Gasteiger charge is -2.15. The highest BCUT2D eigenvalue weighted by molar-refractivity contribution is 6.30. The Kier molecular flexibility index (Phi) is 8.53. The number of fused-ring (bicyclic) bond motifs is 9. The summed E-state index contributed by atoms with van der Waals surface area (Å²) in [5.74, 6) is 0.703. The van der Waals surface area contributed by atoms with Crippen molar-refractivity contribution >= 4 is 65.0 Å². The van der Waals surface area contributed by atoms with E-state index in [4.69, 9.17) is 9.97 Å². The monoisotopic (exact) mass is 825 g/mol. The summed E-state index contributed by atoms with van der Waals surface area (Å²) >= 11 is 0. The molecule has 11 aromatic carbocycles. The van der Waals surface area contributed by atoms with Crippen LogP contribution in [0.25, 0.3) is 127 Å². The van der Waals surface area contributed by atoms with Crippen LogP contribution in [0.2, 0.25) is 0 Å². The van der Waals surface area contributed by atoms with Crippen molar-refractivity contribution < 1.29 is 0 Å². The van der Waals surface area contributed by atoms with E-state index in [1.165, 1.54) is 71.2 Å². The van der Waals surface area contributed by atoms with Crippen molar-refractivity contribution in [1.82, 2.24) is 14.5 Å². The lowest BCUT2D eigenvalue weighted by Crippen LogP contribution is -1.98. The lowest BCUT2D eigenvalue weighted by molar-refractivity contribution is 1.20. The first-order valence-corrected chi connectivity index (χ1v) is 22.2. The van der Waals surface area contributed by atoms with Crippen LogP contribution in [-0.4, -0.2) is 14.5 Å². The SMILES string of the molecule is c1ccc(-c2cccc(-c3ccc(-c4nc(-c5cccc6c(-n7c8ccc9ccccc9c8c8c9cccc(-c%10ccccc%10)c9ccc87)cccc56)nc5ccccc45)cc3)c2)cc1. The van der Waals surface area contributed by atoms with Gasteiger partial charge in [-0.15, -0.1) is 0 Å². The average Bonchev–Trinajstić information content (AvgIpc) is 3.73. The van der Waals surface area contributed by atoms with Crippen LogP contribution < -0.4 is 0 Å². The predicted molar refractivity (Wildman–Crippen MR) is 274 cm³/mol. The van der Waals surface area contributed by atoms with E-state index in [1.807, 2.05) is 0 Å². The fourth-order valence-corrected chi connectivity index (χ4v) is 10.2. The fraction of sp³-hybridized carbons (Fsp3) is 0. The van der Waals surface area contributed by atoms with Crippen LogP contribution in [0.4, 0.5) is 0 Å². The van der Waals surface area contributed by atoms with Gasteiger partial charge in [-0.2, -0.15) is 0 Å². The molecule has 0 unspecified atom stereocenters. The van der Waals surface area contributed by atoms with Gasteiger partial charge in [0, 0.05) is 32.7 Å². The standard InChI is InChI=1S/C62H39N3/c1-3-15-40(16-4-1)45-20-11-21-46(39-45)41-31-33-44(34-32-41)61-54-23-9-10-29-55(54)63-62(64-61)53-28-13-26-51-49(53)25-14-30-56(51)65-57-37-35-43-19-7-8-22-48(43)59(57)60-52-27-12-24-47(42-17-5-2-6-18-42)50(52)36-38-58(60)65/h1-39H. The number of hydrogen-bond acceptors (Lipinski definition) is 2. The van der Waals surface area contributed by atoms with E-state index in [1.54, 1.807) is 0 Å². The van der Waals surface area contributed by atoms with Crippen LogP contribution in [0.15, 0.2) is 237 Å². The number of hydrogen-bond donors (Lipinski definition) is 0. The summed E-state index contributed by atoms with van der Waals surface area (Å²) < 4.78 is 2.47. The summed E-state index contributed by atoms with van der Waals surface area (Å²) in [7, 11) is 0. The Labute approximate surface area is 376 Å². The molecule has 2 heterocycles. The first-order chi connectivity index (χ1) is 32.2. The highest BCUT2D eigenvalue weighted by Crippen LogP contribution is 2.44. The molecule has 0 bridgehead atoms. The number of nitrogens with zero attached hydrogens (tertiary/aromatic N) is 3. The zero-order chi connectivity index (χ0) is 42.8. The van der Waals surface area contributed by atoms with E-state index in [0.717, 1.165) is 49.7 Å². The van der Waals surface area contributed by atoms with E-state index in [2.05, 4.69) is 241 Å². The summed E-state index contributed by atoms with van der Waals surface area (Å²) in [6, 6.07) is 85.2. The molecule has 3 heteroatoms. The first-order valence-electron chi connectivity index (χ1n) is 22.2. The molecule has 0 saturated carbocycles. The van der Waals surface area contributed by atoms with Crippen LogP contribution in [0, 0.1) is 0 Å². The fourth-order valence-electron chi connectivity index (χ4n) is 10.2. The molecule has 3 nitrogen and oxygen atoms in total. The van der Waals surface area contributed by atoms with E-state index in [-0.39, 0.29) is 0 Å². The number of para-hydroxylation sites is 1. The number of aromatic nitrogens is 3. The van der Waals surface area contributed by atoms with Crippen molar-refractivity contribution in [2.24, 2.45) is 0 Å². The second-order valence-corrected chi connectivity index (χ2v) is 16.9. The second-order valence-electron chi connectivity index (χ2n) is 16.9. The maximum absolute atomic E-state index is 5.42. The Morgan fingerprint density at radius 3 is 1.63 bits per heavy atom. The largest absolute Gasteiger partial charge is 0.309 e. The molecule has 0 aliphatic rings. The van der Waals surface area contributed by atoms with Crippen LogP contribution in [0.5, 0.6) is 0 Å². The van der Waals surface area contributed by atoms with Crippen molar-refractivity contribution in [1.29, 1.82) is 0 Å². The minimum Gasteiger partial charge on any atom is -0.309 e. The molecule has 0 N–H and O–H groups in total. The molecule has 0 atom stereocenters. The van der Waals surface area contributed by atoms with Gasteiger partial charge in [-0.1, -0.05) is 206 Å². The molecule has 2 aromatic heterocycles.